The van der Waals surface area contributed by atoms with E-state index in [0.717, 1.165) is 16.7 Å². The first-order chi connectivity index (χ1) is 10.3. The Hall–Kier alpha value is -1.86. The van der Waals surface area contributed by atoms with Crippen LogP contribution in [0, 0.1) is 5.92 Å². The Morgan fingerprint density at radius 2 is 2.09 bits per heavy atom. The Morgan fingerprint density at radius 1 is 1.41 bits per heavy atom. The molecule has 1 aliphatic rings. The molecule has 22 heavy (non-hydrogen) atoms. The maximum absolute atomic E-state index is 12.5. The summed E-state index contributed by atoms with van der Waals surface area (Å²) in [4.78, 5) is 25.4. The van der Waals surface area contributed by atoms with Gasteiger partial charge in [0, 0.05) is 0 Å². The van der Waals surface area contributed by atoms with Gasteiger partial charge in [-0.25, -0.2) is 4.79 Å². The molecule has 0 bridgehead atoms. The summed E-state index contributed by atoms with van der Waals surface area (Å²) in [5.41, 5.74) is 0.650. The largest absolute Gasteiger partial charge is 0.508 e. The van der Waals surface area contributed by atoms with Gasteiger partial charge in [-0.2, -0.15) is 0 Å². The lowest BCUT2D eigenvalue weighted by molar-refractivity contribution is -0.146. The molecule has 1 fully saturated rings. The molecule has 7 heteroatoms. The fourth-order valence-corrected chi connectivity index (χ4v) is 3.51. The zero-order valence-corrected chi connectivity index (χ0v) is 13.6. The number of phenolic OH excluding ortho intramolecular Hbond substituents is 1. The van der Waals surface area contributed by atoms with Crippen LogP contribution in [0.5, 0.6) is 5.75 Å². The topological polar surface area (TPSA) is 77.8 Å². The number of rotatable bonds is 4. The normalized spacial score (nSPS) is 18.3. The van der Waals surface area contributed by atoms with Crippen LogP contribution in [0.4, 0.5) is 0 Å². The number of thiocarbonyl (C=S) groups is 1. The van der Waals surface area contributed by atoms with Crippen molar-refractivity contribution in [3.05, 3.63) is 34.7 Å². The van der Waals surface area contributed by atoms with E-state index in [-0.39, 0.29) is 16.0 Å². The zero-order chi connectivity index (χ0) is 16.4. The number of nitrogens with zero attached hydrogens (tertiary/aromatic N) is 1. The molecule has 0 spiro atoms. The lowest BCUT2D eigenvalue weighted by Crippen LogP contribution is -2.47. The fraction of sp³-hybridized carbons (Fsp3) is 0.267. The Balaban J connectivity index is 2.34. The number of carbonyl (C=O) groups excluding carboxylic acids is 1. The molecule has 0 radical (unpaired) electrons. The molecule has 1 saturated heterocycles. The Bertz CT molecular complexity index is 669. The van der Waals surface area contributed by atoms with Crippen LogP contribution in [-0.2, 0) is 9.59 Å². The van der Waals surface area contributed by atoms with Gasteiger partial charge in [0.15, 0.2) is 0 Å². The summed E-state index contributed by atoms with van der Waals surface area (Å²) < 4.78 is 0.234. The first-order valence-corrected chi connectivity index (χ1v) is 7.82. The second-order valence-electron chi connectivity index (χ2n) is 5.17. The van der Waals surface area contributed by atoms with Crippen LogP contribution in [-0.4, -0.2) is 37.4 Å². The SMILES string of the molecule is CC(C)[C@H](C(=O)O)N1C(=O)/C(=C/c2cccc(O)c2)SC1=S. The van der Waals surface area contributed by atoms with Crippen molar-refractivity contribution in [2.24, 2.45) is 5.92 Å². The first-order valence-electron chi connectivity index (χ1n) is 6.60. The maximum Gasteiger partial charge on any atom is 0.327 e. The fourth-order valence-electron chi connectivity index (χ4n) is 2.18. The molecule has 1 aromatic carbocycles. The van der Waals surface area contributed by atoms with Crippen LogP contribution in [0.15, 0.2) is 29.2 Å². The molecule has 2 N–H and O–H groups in total. The molecule has 1 amide bonds. The summed E-state index contributed by atoms with van der Waals surface area (Å²) in [5, 5.41) is 18.8. The van der Waals surface area contributed by atoms with Crippen molar-refractivity contribution in [2.45, 2.75) is 19.9 Å². The minimum Gasteiger partial charge on any atom is -0.508 e. The van der Waals surface area contributed by atoms with Crippen molar-refractivity contribution in [1.29, 1.82) is 0 Å². The molecule has 0 unspecified atom stereocenters. The molecule has 0 aromatic heterocycles. The summed E-state index contributed by atoms with van der Waals surface area (Å²) in [6, 6.07) is 5.47. The first kappa shape index (κ1) is 16.5. The smallest absolute Gasteiger partial charge is 0.327 e. The average molecular weight is 337 g/mol. The summed E-state index contributed by atoms with van der Waals surface area (Å²) in [5.74, 6) is -1.67. The Labute approximate surface area is 137 Å². The van der Waals surface area contributed by atoms with Crippen LogP contribution in [0.1, 0.15) is 19.4 Å². The van der Waals surface area contributed by atoms with Crippen molar-refractivity contribution in [2.75, 3.05) is 0 Å². The number of carboxylic acid groups (broad SMARTS) is 1. The number of hydrogen-bond acceptors (Lipinski definition) is 5. The number of amides is 1. The number of carboxylic acids is 1. The monoisotopic (exact) mass is 337 g/mol. The van der Waals surface area contributed by atoms with E-state index in [2.05, 4.69) is 0 Å². The number of thioether (sulfide) groups is 1. The van der Waals surface area contributed by atoms with Crippen LogP contribution in [0.3, 0.4) is 0 Å². The van der Waals surface area contributed by atoms with Crippen LogP contribution < -0.4 is 0 Å². The molecule has 0 aliphatic carbocycles. The molecule has 2 rings (SSSR count). The van der Waals surface area contributed by atoms with Gasteiger partial charge >= 0.3 is 5.97 Å². The van der Waals surface area contributed by atoms with Crippen molar-refractivity contribution >= 4 is 46.3 Å². The van der Waals surface area contributed by atoms with Crippen molar-refractivity contribution < 1.29 is 19.8 Å². The molecule has 1 aliphatic heterocycles. The lowest BCUT2D eigenvalue weighted by Gasteiger charge is -2.26. The molecule has 1 aromatic rings. The minimum atomic E-state index is -1.08. The van der Waals surface area contributed by atoms with Crippen LogP contribution in [0.2, 0.25) is 0 Å². The number of aromatic hydroxyl groups is 1. The van der Waals surface area contributed by atoms with E-state index in [4.69, 9.17) is 12.2 Å². The minimum absolute atomic E-state index is 0.0924. The number of aliphatic carboxylic acids is 1. The van der Waals surface area contributed by atoms with E-state index >= 15 is 0 Å². The summed E-state index contributed by atoms with van der Waals surface area (Å²) in [6.45, 7) is 3.46. The van der Waals surface area contributed by atoms with E-state index < -0.39 is 17.9 Å². The van der Waals surface area contributed by atoms with Gasteiger partial charge in [0.2, 0.25) is 0 Å². The standard InChI is InChI=1S/C15H15NO4S2/c1-8(2)12(14(19)20)16-13(18)11(22-15(16)21)7-9-4-3-5-10(17)6-9/h3-8,12,17H,1-2H3,(H,19,20)/b11-7-/t12-/m1/s1. The average Bonchev–Trinajstić information content (AvgIpc) is 2.66. The predicted molar refractivity (Wildman–Crippen MR) is 89.4 cm³/mol. The highest BCUT2D eigenvalue weighted by Gasteiger charge is 2.41. The third-order valence-corrected chi connectivity index (χ3v) is 4.48. The summed E-state index contributed by atoms with van der Waals surface area (Å²) in [7, 11) is 0. The number of benzene rings is 1. The summed E-state index contributed by atoms with van der Waals surface area (Å²) >= 11 is 6.24. The molecule has 5 nitrogen and oxygen atoms in total. The van der Waals surface area contributed by atoms with Gasteiger partial charge in [-0.05, 0) is 29.7 Å². The summed E-state index contributed by atoms with van der Waals surface area (Å²) in [6.07, 6.45) is 1.60. The molecule has 116 valence electrons. The van der Waals surface area contributed by atoms with Crippen molar-refractivity contribution in [3.8, 4) is 5.75 Å². The quantitative estimate of drug-likeness (QED) is 0.650. The molecule has 1 atom stereocenters. The lowest BCUT2D eigenvalue weighted by atomic mass is 10.0. The van der Waals surface area contributed by atoms with Gasteiger partial charge in [-0.1, -0.05) is 50.0 Å². The van der Waals surface area contributed by atoms with E-state index in [1.54, 1.807) is 32.1 Å². The van der Waals surface area contributed by atoms with Gasteiger partial charge in [0.05, 0.1) is 4.91 Å². The predicted octanol–water partition coefficient (Wildman–Crippen LogP) is 2.70. The van der Waals surface area contributed by atoms with Crippen LogP contribution in [0.25, 0.3) is 6.08 Å². The van der Waals surface area contributed by atoms with E-state index in [0.29, 0.717) is 10.5 Å². The third-order valence-electron chi connectivity index (χ3n) is 3.15. The van der Waals surface area contributed by atoms with E-state index in [9.17, 15) is 19.8 Å². The second-order valence-corrected chi connectivity index (χ2v) is 6.85. The number of hydrogen-bond donors (Lipinski definition) is 2. The molecule has 0 saturated carbocycles. The van der Waals surface area contributed by atoms with E-state index in [1.807, 2.05) is 0 Å². The molecular weight excluding hydrogens is 322 g/mol. The highest BCUT2D eigenvalue weighted by atomic mass is 32.2. The number of phenols is 1. The van der Waals surface area contributed by atoms with Gasteiger partial charge in [0.1, 0.15) is 16.1 Å². The highest BCUT2D eigenvalue weighted by Crippen LogP contribution is 2.35. The Morgan fingerprint density at radius 3 is 2.64 bits per heavy atom. The van der Waals surface area contributed by atoms with Gasteiger partial charge in [0.25, 0.3) is 5.91 Å². The van der Waals surface area contributed by atoms with Gasteiger partial charge in [-0.15, -0.1) is 0 Å². The maximum atomic E-state index is 12.5. The third kappa shape index (κ3) is 3.31. The molecule has 1 heterocycles. The van der Waals surface area contributed by atoms with Crippen molar-refractivity contribution in [3.63, 3.8) is 0 Å². The van der Waals surface area contributed by atoms with Gasteiger partial charge < -0.3 is 10.2 Å². The Kier molecular flexibility index (Phi) is 4.87. The second kappa shape index (κ2) is 6.50. The molecular formula is C15H15NO4S2. The highest BCUT2D eigenvalue weighted by molar-refractivity contribution is 8.26. The number of carbonyl (C=O) groups is 2. The van der Waals surface area contributed by atoms with Gasteiger partial charge in [-0.3, -0.25) is 9.69 Å². The zero-order valence-electron chi connectivity index (χ0n) is 12.0. The van der Waals surface area contributed by atoms with Crippen molar-refractivity contribution in [1.82, 2.24) is 4.90 Å². The van der Waals surface area contributed by atoms with E-state index in [1.165, 1.54) is 12.1 Å². The van der Waals surface area contributed by atoms with Crippen LogP contribution >= 0.6 is 24.0 Å².